The van der Waals surface area contributed by atoms with Crippen molar-refractivity contribution in [1.82, 2.24) is 44.4 Å². The molecule has 1 saturated carbocycles. The lowest BCUT2D eigenvalue weighted by atomic mass is 9.86. The monoisotopic (exact) mass is 1580 g/mol. The van der Waals surface area contributed by atoms with Gasteiger partial charge in [-0.3, -0.25) is 43.2 Å². The van der Waals surface area contributed by atoms with Crippen LogP contribution in [-0.4, -0.2) is 189 Å². The first-order valence-corrected chi connectivity index (χ1v) is 38.4. The normalized spacial score (nSPS) is 17.7. The predicted octanol–water partition coefficient (Wildman–Crippen LogP) is 15.3. The van der Waals surface area contributed by atoms with Crippen molar-refractivity contribution in [2.24, 2.45) is 22.7 Å². The van der Waals surface area contributed by atoms with Gasteiger partial charge >= 0.3 is 17.9 Å². The number of hydrogen-bond acceptors (Lipinski definition) is 15. The molecule has 0 radical (unpaired) electrons. The third-order valence-corrected chi connectivity index (χ3v) is 22.0. The highest BCUT2D eigenvalue weighted by Crippen LogP contribution is 2.44. The maximum atomic E-state index is 13.7. The van der Waals surface area contributed by atoms with Crippen LogP contribution >= 0.6 is 0 Å². The SMILES string of the molecule is CC(C)(C(=O)O)C(=O)N1CCN(C(=O)c2cc3nc(-c4ccc(F)cc4)cc(C(C)(C)C)c3o2)C(C)(C)C1.CC(C)(C)c1cc(-c2ccc(F)cc2)nc2cc(C(=O)N3CCN(C(=O)[C@H]4C[C@@H]4C(=O)O)CC3(C)C)oc12.CC(C)(CC(=O)N1CCN(C(=O)c2cc3nc(-c4ccc(F)cc4)cc(C(C)(C)C)c3o2)C(C)(C)C1)C(=O)O. The Morgan fingerprint density at radius 3 is 1.01 bits per heavy atom. The fourth-order valence-electron chi connectivity index (χ4n) is 15.0. The first-order valence-electron chi connectivity index (χ1n) is 38.4. The Morgan fingerprint density at radius 1 is 0.417 bits per heavy atom. The molecule has 4 aliphatic rings. The number of aliphatic carboxylic acids is 3. The van der Waals surface area contributed by atoms with Gasteiger partial charge in [0, 0.05) is 117 Å². The number of amides is 6. The summed E-state index contributed by atoms with van der Waals surface area (Å²) in [5.74, 6) is -6.61. The van der Waals surface area contributed by atoms with Crippen molar-refractivity contribution < 1.29 is 84.9 Å². The van der Waals surface area contributed by atoms with Crippen LogP contribution in [0.2, 0.25) is 0 Å². The van der Waals surface area contributed by atoms with E-state index in [1.807, 2.05) is 122 Å². The second-order valence-corrected chi connectivity index (χ2v) is 36.6. The van der Waals surface area contributed by atoms with Crippen molar-refractivity contribution in [2.45, 2.75) is 177 Å². The second kappa shape index (κ2) is 30.8. The number of rotatable bonds is 13. The summed E-state index contributed by atoms with van der Waals surface area (Å²) in [7, 11) is 0. The van der Waals surface area contributed by atoms with Crippen molar-refractivity contribution in [3.63, 3.8) is 0 Å². The zero-order valence-corrected chi connectivity index (χ0v) is 68.7. The van der Waals surface area contributed by atoms with E-state index in [0.29, 0.717) is 83.0 Å². The Balaban J connectivity index is 0.000000170. The molecule has 1 aliphatic carbocycles. The van der Waals surface area contributed by atoms with Gasteiger partial charge in [-0.25, -0.2) is 28.1 Å². The molecule has 24 nitrogen and oxygen atoms in total. The fourth-order valence-corrected chi connectivity index (χ4v) is 15.0. The van der Waals surface area contributed by atoms with Gasteiger partial charge in [0.2, 0.25) is 17.7 Å². The summed E-state index contributed by atoms with van der Waals surface area (Å²) >= 11 is 0. The summed E-state index contributed by atoms with van der Waals surface area (Å²) in [5.41, 5.74) is 4.19. The van der Waals surface area contributed by atoms with Gasteiger partial charge in [-0.05, 0) is 183 Å². The van der Waals surface area contributed by atoms with Crippen LogP contribution in [0, 0.1) is 40.1 Å². The average molecular weight is 1580 g/mol. The molecule has 610 valence electrons. The molecule has 0 unspecified atom stereocenters. The lowest BCUT2D eigenvalue weighted by molar-refractivity contribution is -0.160. The number of fused-ring (bicyclic) bond motifs is 3. The van der Waals surface area contributed by atoms with Crippen molar-refractivity contribution in [1.29, 1.82) is 0 Å². The van der Waals surface area contributed by atoms with Crippen LogP contribution in [0.1, 0.15) is 193 Å². The number of pyridine rings is 3. The van der Waals surface area contributed by atoms with Crippen LogP contribution in [0.3, 0.4) is 0 Å². The molecule has 115 heavy (non-hydrogen) atoms. The van der Waals surface area contributed by atoms with E-state index in [1.165, 1.54) is 69.0 Å². The minimum absolute atomic E-state index is 0.117. The first kappa shape index (κ1) is 84.7. The number of furan rings is 3. The minimum Gasteiger partial charge on any atom is -0.481 e. The largest absolute Gasteiger partial charge is 0.481 e. The molecule has 3 N–H and O–H groups in total. The quantitative estimate of drug-likeness (QED) is 0.0903. The van der Waals surface area contributed by atoms with E-state index in [2.05, 4.69) is 0 Å². The third kappa shape index (κ3) is 17.8. The molecule has 27 heteroatoms. The zero-order valence-electron chi connectivity index (χ0n) is 68.7. The molecule has 13 rings (SSSR count). The number of hydrogen-bond donors (Lipinski definition) is 3. The van der Waals surface area contributed by atoms with Crippen LogP contribution in [-0.2, 0) is 45.0 Å². The standard InChI is InChI=1S/C30H36FN3O5.C29H32FN3O5.C29H34FN3O5/c1-28(2,3)20-14-21(18-8-10-19(31)11-9-18)32-22-15-23(39-25(20)22)26(36)34-13-12-33(17-30(34,6)7)24(35)16-29(4,5)27(37)38;1-28(2,3)20-13-21(16-6-8-17(30)9-7-16)31-22-14-23(38-24(20)22)26(35)33-11-10-32(15-29(33,4)5)25(34)18-12-19(18)27(36)37;1-27(2,3)19-14-20(17-8-10-18(30)11-9-17)31-21-15-22(38-23(19)21)24(34)33-13-12-32(16-28(33,4)5)25(35)29(6,7)26(36)37/h8-11,14-15H,12-13,16-17H2,1-7H3,(H,37,38);6-9,13-14,18-19H,10-12,15H2,1-5H3,(H,36,37);8-11,14-15H,12-13,16H2,1-7H3,(H,36,37)/t;18-,19-;/m.0./s1. The first-order chi connectivity index (χ1) is 53.3. The minimum atomic E-state index is -1.56. The van der Waals surface area contributed by atoms with Crippen LogP contribution in [0.5, 0.6) is 0 Å². The number of halogens is 3. The summed E-state index contributed by atoms with van der Waals surface area (Å²) in [5, 5.41) is 28.1. The number of carboxylic acid groups (broad SMARTS) is 3. The van der Waals surface area contributed by atoms with E-state index in [4.69, 9.17) is 28.2 Å². The van der Waals surface area contributed by atoms with Gasteiger partial charge in [-0.15, -0.1) is 0 Å². The van der Waals surface area contributed by atoms with E-state index in [1.54, 1.807) is 79.1 Å². The van der Waals surface area contributed by atoms with Gasteiger partial charge < -0.3 is 58.0 Å². The van der Waals surface area contributed by atoms with E-state index < -0.39 is 63.1 Å². The molecular weight excluding hydrogens is 1480 g/mol. The Kier molecular flexibility index (Phi) is 22.7. The Bertz CT molecular complexity index is 5330. The summed E-state index contributed by atoms with van der Waals surface area (Å²) in [6, 6.07) is 29.0. The van der Waals surface area contributed by atoms with Gasteiger partial charge in [0.1, 0.15) is 39.4 Å². The number of benzene rings is 3. The van der Waals surface area contributed by atoms with E-state index >= 15 is 0 Å². The number of carbonyl (C=O) groups is 9. The topological polar surface area (TPSA) is 312 Å². The van der Waals surface area contributed by atoms with Crippen LogP contribution in [0.25, 0.3) is 67.1 Å². The molecule has 3 aromatic carbocycles. The van der Waals surface area contributed by atoms with Gasteiger partial charge in [0.05, 0.1) is 50.9 Å². The van der Waals surface area contributed by atoms with Crippen molar-refractivity contribution in [2.75, 3.05) is 58.9 Å². The number of aromatic nitrogens is 3. The smallest absolute Gasteiger partial charge is 0.318 e. The highest BCUT2D eigenvalue weighted by Gasteiger charge is 2.52. The summed E-state index contributed by atoms with van der Waals surface area (Å²) in [6.45, 7) is 37.9. The number of piperazine rings is 3. The van der Waals surface area contributed by atoms with Gasteiger partial charge in [0.15, 0.2) is 34.0 Å². The van der Waals surface area contributed by atoms with Crippen molar-refractivity contribution in [3.8, 4) is 33.8 Å². The fraction of sp³-hybridized carbons (Fsp3) is 0.455. The third-order valence-electron chi connectivity index (χ3n) is 22.0. The molecule has 6 amide bonds. The lowest BCUT2D eigenvalue weighted by Crippen LogP contribution is -2.63. The molecule has 3 aliphatic heterocycles. The van der Waals surface area contributed by atoms with Gasteiger partial charge in [0.25, 0.3) is 17.7 Å². The van der Waals surface area contributed by atoms with E-state index in [0.717, 1.165) is 33.4 Å². The molecule has 2 atom stereocenters. The van der Waals surface area contributed by atoms with Gasteiger partial charge in [-0.2, -0.15) is 0 Å². The average Bonchev–Trinajstić information content (AvgIpc) is 1.63. The summed E-state index contributed by atoms with van der Waals surface area (Å²) in [6.07, 6.45) is 0.253. The molecule has 3 saturated heterocycles. The molecule has 4 fully saturated rings. The lowest BCUT2D eigenvalue weighted by Gasteiger charge is -2.47. The number of carbonyl (C=O) groups excluding carboxylic acids is 6. The Labute approximate surface area is 666 Å². The maximum absolute atomic E-state index is 13.7. The van der Waals surface area contributed by atoms with Crippen LogP contribution in [0.15, 0.2) is 122 Å². The molecule has 9 aromatic rings. The molecule has 0 bridgehead atoms. The van der Waals surface area contributed by atoms with Crippen LogP contribution < -0.4 is 0 Å². The van der Waals surface area contributed by atoms with Gasteiger partial charge in [-0.1, -0.05) is 62.3 Å². The summed E-state index contributed by atoms with van der Waals surface area (Å²) in [4.78, 5) is 138. The highest BCUT2D eigenvalue weighted by molar-refractivity contribution is 6.02. The predicted molar refractivity (Wildman–Crippen MR) is 426 cm³/mol. The van der Waals surface area contributed by atoms with Crippen LogP contribution in [0.4, 0.5) is 13.2 Å². The molecule has 9 heterocycles. The Hall–Kier alpha value is -11.3. The Morgan fingerprint density at radius 2 is 0.722 bits per heavy atom. The molecular formula is C88H102F3N9O15. The number of nitrogens with zero attached hydrogens (tertiary/aromatic N) is 9. The zero-order chi connectivity index (χ0) is 84.7. The summed E-state index contributed by atoms with van der Waals surface area (Å²) < 4.78 is 58.9. The number of carboxylic acids is 3. The molecule has 0 spiro atoms. The molecule has 6 aromatic heterocycles. The van der Waals surface area contributed by atoms with E-state index in [9.17, 15) is 71.6 Å². The maximum Gasteiger partial charge on any atom is 0.318 e. The second-order valence-electron chi connectivity index (χ2n) is 36.6. The van der Waals surface area contributed by atoms with E-state index in [-0.39, 0.29) is 120 Å². The van der Waals surface area contributed by atoms with Crippen molar-refractivity contribution in [3.05, 3.63) is 161 Å². The highest BCUT2D eigenvalue weighted by atomic mass is 19.1. The van der Waals surface area contributed by atoms with Crippen molar-refractivity contribution >= 4 is 86.7 Å².